The summed E-state index contributed by atoms with van der Waals surface area (Å²) in [4.78, 5) is 24.4. The molecule has 6 nitrogen and oxygen atoms in total. The van der Waals surface area contributed by atoms with E-state index in [0.717, 1.165) is 18.2 Å². The number of anilines is 1. The second kappa shape index (κ2) is 7.03. The molecular weight excluding hydrogens is 364 g/mol. The Hall–Kier alpha value is -3.15. The fourth-order valence-electron chi connectivity index (χ4n) is 3.96. The predicted molar refractivity (Wildman–Crippen MR) is 114 cm³/mol. The van der Waals surface area contributed by atoms with Gasteiger partial charge in [0.1, 0.15) is 0 Å². The second-order valence-corrected chi connectivity index (χ2v) is 8.67. The SMILES string of the molecule is CC(=O)n1ncc2c(NC(=O)N[C@H]3CCc4cc(C(C)(C)C)ccc43)cccc21. The summed E-state index contributed by atoms with van der Waals surface area (Å²) in [5, 5.41) is 10.9. The summed E-state index contributed by atoms with van der Waals surface area (Å²) in [6.07, 6.45) is 3.46. The minimum Gasteiger partial charge on any atom is -0.331 e. The van der Waals surface area contributed by atoms with Crippen LogP contribution in [-0.4, -0.2) is 21.7 Å². The summed E-state index contributed by atoms with van der Waals surface area (Å²) >= 11 is 0. The Kier molecular flexibility index (Phi) is 4.65. The van der Waals surface area contributed by atoms with Gasteiger partial charge in [0.25, 0.3) is 0 Å². The molecule has 150 valence electrons. The lowest BCUT2D eigenvalue weighted by atomic mass is 9.85. The number of aromatic nitrogens is 2. The van der Waals surface area contributed by atoms with Gasteiger partial charge in [0, 0.05) is 12.3 Å². The zero-order chi connectivity index (χ0) is 20.8. The van der Waals surface area contributed by atoms with Crippen molar-refractivity contribution in [3.05, 3.63) is 59.3 Å². The standard InChI is InChI=1S/C23H26N4O2/c1-14(28)27-21-7-5-6-19(18(21)13-24-27)25-22(29)26-20-11-8-15-12-16(23(2,3)4)9-10-17(15)20/h5-7,9-10,12-13,20H,8,11H2,1-4H3,(H2,25,26,29)/t20-/m0/s1. The van der Waals surface area contributed by atoms with E-state index < -0.39 is 0 Å². The molecular formula is C23H26N4O2. The van der Waals surface area contributed by atoms with Gasteiger partial charge in [0.05, 0.1) is 23.4 Å². The van der Waals surface area contributed by atoms with Crippen molar-refractivity contribution >= 4 is 28.5 Å². The van der Waals surface area contributed by atoms with Crippen molar-refractivity contribution in [2.45, 2.75) is 52.0 Å². The first-order valence-corrected chi connectivity index (χ1v) is 9.92. The van der Waals surface area contributed by atoms with Gasteiger partial charge in [-0.25, -0.2) is 9.48 Å². The smallest absolute Gasteiger partial charge is 0.319 e. The summed E-state index contributed by atoms with van der Waals surface area (Å²) in [5.41, 5.74) is 5.24. The topological polar surface area (TPSA) is 76.0 Å². The summed E-state index contributed by atoms with van der Waals surface area (Å²) < 4.78 is 1.33. The van der Waals surface area contributed by atoms with Gasteiger partial charge in [-0.3, -0.25) is 4.79 Å². The van der Waals surface area contributed by atoms with E-state index in [4.69, 9.17) is 0 Å². The number of aryl methyl sites for hydroxylation is 1. The van der Waals surface area contributed by atoms with E-state index in [1.165, 1.54) is 28.3 Å². The highest BCUT2D eigenvalue weighted by Crippen LogP contribution is 2.34. The molecule has 0 unspecified atom stereocenters. The minimum atomic E-state index is -0.258. The number of hydrogen-bond donors (Lipinski definition) is 2. The van der Waals surface area contributed by atoms with Crippen molar-refractivity contribution in [2.24, 2.45) is 0 Å². The molecule has 3 aromatic rings. The predicted octanol–water partition coefficient (Wildman–Crippen LogP) is 4.80. The van der Waals surface area contributed by atoms with Gasteiger partial charge in [0.15, 0.2) is 0 Å². The highest BCUT2D eigenvalue weighted by atomic mass is 16.2. The molecule has 1 aromatic heterocycles. The Morgan fingerprint density at radius 2 is 1.97 bits per heavy atom. The number of benzene rings is 2. The molecule has 1 heterocycles. The fourth-order valence-corrected chi connectivity index (χ4v) is 3.96. The molecule has 0 saturated heterocycles. The maximum atomic E-state index is 12.7. The molecule has 4 rings (SSSR count). The molecule has 2 aromatic carbocycles. The summed E-state index contributed by atoms with van der Waals surface area (Å²) in [6.45, 7) is 8.09. The molecule has 0 aliphatic heterocycles. The van der Waals surface area contributed by atoms with Gasteiger partial charge in [-0.15, -0.1) is 0 Å². The number of fused-ring (bicyclic) bond motifs is 2. The number of carbonyl (C=O) groups is 2. The molecule has 1 aliphatic carbocycles. The normalized spacial score (nSPS) is 15.9. The van der Waals surface area contributed by atoms with E-state index in [2.05, 4.69) is 54.7 Å². The van der Waals surface area contributed by atoms with Gasteiger partial charge >= 0.3 is 6.03 Å². The zero-order valence-electron chi connectivity index (χ0n) is 17.2. The van der Waals surface area contributed by atoms with Crippen molar-refractivity contribution in [2.75, 3.05) is 5.32 Å². The number of urea groups is 1. The Balaban J connectivity index is 1.51. The average Bonchev–Trinajstić information content (AvgIpc) is 3.25. The van der Waals surface area contributed by atoms with Gasteiger partial charge in [0.2, 0.25) is 5.91 Å². The summed E-state index contributed by atoms with van der Waals surface area (Å²) in [7, 11) is 0. The Morgan fingerprint density at radius 1 is 1.17 bits per heavy atom. The van der Waals surface area contributed by atoms with Gasteiger partial charge in [-0.05, 0) is 47.1 Å². The van der Waals surface area contributed by atoms with Crippen LogP contribution in [0.3, 0.4) is 0 Å². The Bertz CT molecular complexity index is 1110. The van der Waals surface area contributed by atoms with E-state index in [1.54, 1.807) is 12.3 Å². The molecule has 1 atom stereocenters. The third-order valence-electron chi connectivity index (χ3n) is 5.55. The van der Waals surface area contributed by atoms with Crippen molar-refractivity contribution in [3.63, 3.8) is 0 Å². The number of nitrogens with one attached hydrogen (secondary N) is 2. The molecule has 0 saturated carbocycles. The average molecular weight is 390 g/mol. The molecule has 0 fully saturated rings. The number of carbonyl (C=O) groups excluding carboxylic acids is 2. The van der Waals surface area contributed by atoms with Crippen molar-refractivity contribution < 1.29 is 9.59 Å². The van der Waals surface area contributed by atoms with Crippen LogP contribution in [0.4, 0.5) is 10.5 Å². The van der Waals surface area contributed by atoms with Crippen LogP contribution in [0.15, 0.2) is 42.6 Å². The quantitative estimate of drug-likeness (QED) is 0.660. The number of hydrogen-bond acceptors (Lipinski definition) is 3. The van der Waals surface area contributed by atoms with Crippen LogP contribution in [0.2, 0.25) is 0 Å². The third kappa shape index (κ3) is 3.62. The fraction of sp³-hybridized carbons (Fsp3) is 0.348. The van der Waals surface area contributed by atoms with Crippen LogP contribution >= 0.6 is 0 Å². The van der Waals surface area contributed by atoms with Crippen LogP contribution in [0.25, 0.3) is 10.9 Å². The van der Waals surface area contributed by atoms with Crippen LogP contribution in [-0.2, 0) is 11.8 Å². The van der Waals surface area contributed by atoms with Crippen molar-refractivity contribution in [1.82, 2.24) is 15.1 Å². The Morgan fingerprint density at radius 3 is 2.69 bits per heavy atom. The van der Waals surface area contributed by atoms with E-state index in [9.17, 15) is 9.59 Å². The van der Waals surface area contributed by atoms with E-state index in [1.807, 2.05) is 12.1 Å². The molecule has 0 radical (unpaired) electrons. The maximum absolute atomic E-state index is 12.7. The molecule has 6 heteroatoms. The first-order valence-electron chi connectivity index (χ1n) is 9.92. The zero-order valence-corrected chi connectivity index (χ0v) is 17.2. The summed E-state index contributed by atoms with van der Waals surface area (Å²) in [5.74, 6) is -0.168. The van der Waals surface area contributed by atoms with Crippen LogP contribution in [0, 0.1) is 0 Å². The molecule has 0 spiro atoms. The van der Waals surface area contributed by atoms with Crippen molar-refractivity contribution in [3.8, 4) is 0 Å². The Labute approximate surface area is 170 Å². The first-order chi connectivity index (χ1) is 13.7. The van der Waals surface area contributed by atoms with E-state index in [0.29, 0.717) is 11.2 Å². The number of rotatable bonds is 2. The molecule has 2 amide bonds. The highest BCUT2D eigenvalue weighted by Gasteiger charge is 2.26. The molecule has 1 aliphatic rings. The number of amides is 2. The van der Waals surface area contributed by atoms with Crippen LogP contribution in [0.5, 0.6) is 0 Å². The van der Waals surface area contributed by atoms with Gasteiger partial charge in [-0.2, -0.15) is 5.10 Å². The van der Waals surface area contributed by atoms with Crippen LogP contribution in [0.1, 0.15) is 61.6 Å². The van der Waals surface area contributed by atoms with E-state index in [-0.39, 0.29) is 23.4 Å². The second-order valence-electron chi connectivity index (χ2n) is 8.67. The lowest BCUT2D eigenvalue weighted by Gasteiger charge is -2.21. The molecule has 29 heavy (non-hydrogen) atoms. The monoisotopic (exact) mass is 390 g/mol. The third-order valence-corrected chi connectivity index (χ3v) is 5.55. The largest absolute Gasteiger partial charge is 0.331 e. The van der Waals surface area contributed by atoms with Crippen molar-refractivity contribution in [1.29, 1.82) is 0 Å². The number of nitrogens with zero attached hydrogens (tertiary/aromatic N) is 2. The first kappa shape index (κ1) is 19.2. The lowest BCUT2D eigenvalue weighted by Crippen LogP contribution is -2.31. The van der Waals surface area contributed by atoms with Gasteiger partial charge in [-0.1, -0.05) is 45.0 Å². The maximum Gasteiger partial charge on any atom is 0.319 e. The van der Waals surface area contributed by atoms with Crippen LogP contribution < -0.4 is 10.6 Å². The highest BCUT2D eigenvalue weighted by molar-refractivity contribution is 6.02. The molecule has 2 N–H and O–H groups in total. The summed E-state index contributed by atoms with van der Waals surface area (Å²) in [6, 6.07) is 11.7. The lowest BCUT2D eigenvalue weighted by molar-refractivity contribution is 0.0926. The molecule has 0 bridgehead atoms. The van der Waals surface area contributed by atoms with Gasteiger partial charge < -0.3 is 10.6 Å². The minimum absolute atomic E-state index is 0.00170. The van der Waals surface area contributed by atoms with E-state index >= 15 is 0 Å².